The number of ether oxygens (including phenoxy) is 1. The summed E-state index contributed by atoms with van der Waals surface area (Å²) in [7, 11) is 3.44. The van der Waals surface area contributed by atoms with Crippen molar-refractivity contribution in [3.05, 3.63) is 84.2 Å². The van der Waals surface area contributed by atoms with E-state index in [1.54, 1.807) is 20.4 Å². The lowest BCUT2D eigenvalue weighted by Gasteiger charge is -2.09. The second kappa shape index (κ2) is 7.46. The molecule has 0 N–H and O–H groups in total. The van der Waals surface area contributed by atoms with E-state index in [0.29, 0.717) is 0 Å². The number of rotatable bonds is 5. The molecule has 134 valence electrons. The van der Waals surface area contributed by atoms with Gasteiger partial charge in [0, 0.05) is 25.4 Å². The predicted molar refractivity (Wildman–Crippen MR) is 111 cm³/mol. The minimum atomic E-state index is 0.802. The molecule has 0 fully saturated rings. The van der Waals surface area contributed by atoms with E-state index in [2.05, 4.69) is 57.0 Å². The first-order valence-corrected chi connectivity index (χ1v) is 8.88. The molecule has 0 unspecified atom stereocenters. The second-order valence-corrected chi connectivity index (χ2v) is 6.40. The molecule has 4 aromatic rings. The lowest BCUT2D eigenvalue weighted by Crippen LogP contribution is -1.97. The third-order valence-electron chi connectivity index (χ3n) is 4.67. The zero-order chi connectivity index (χ0) is 18.6. The fourth-order valence-corrected chi connectivity index (χ4v) is 3.27. The van der Waals surface area contributed by atoms with E-state index in [1.165, 1.54) is 5.56 Å². The predicted octanol–water partition coefficient (Wildman–Crippen LogP) is 4.81. The van der Waals surface area contributed by atoms with Crippen LogP contribution in [0.2, 0.25) is 0 Å². The molecule has 0 saturated heterocycles. The Bertz CT molecular complexity index is 1090. The zero-order valence-corrected chi connectivity index (χ0v) is 15.5. The maximum absolute atomic E-state index is 5.49. The minimum Gasteiger partial charge on any atom is -0.496 e. The van der Waals surface area contributed by atoms with Crippen molar-refractivity contribution in [1.29, 1.82) is 0 Å². The fourth-order valence-electron chi connectivity index (χ4n) is 3.27. The summed E-state index contributed by atoms with van der Waals surface area (Å²) in [4.78, 5) is 8.53. The van der Waals surface area contributed by atoms with Crippen molar-refractivity contribution in [2.75, 3.05) is 14.2 Å². The molecule has 0 aliphatic carbocycles. The van der Waals surface area contributed by atoms with Crippen molar-refractivity contribution >= 4 is 17.2 Å². The highest BCUT2D eigenvalue weighted by atomic mass is 16.5. The van der Waals surface area contributed by atoms with Gasteiger partial charge < -0.3 is 9.30 Å². The van der Waals surface area contributed by atoms with Crippen molar-refractivity contribution in [2.24, 2.45) is 4.99 Å². The molecular weight excluding hydrogens is 334 g/mol. The lowest BCUT2D eigenvalue weighted by molar-refractivity contribution is 0.414. The highest BCUT2D eigenvalue weighted by molar-refractivity contribution is 5.85. The van der Waals surface area contributed by atoms with Gasteiger partial charge in [0.25, 0.3) is 0 Å². The van der Waals surface area contributed by atoms with E-state index in [0.717, 1.165) is 40.0 Å². The van der Waals surface area contributed by atoms with E-state index in [9.17, 15) is 0 Å². The molecule has 1 heterocycles. The highest BCUT2D eigenvalue weighted by Gasteiger charge is 2.06. The number of hydrogen-bond donors (Lipinski definition) is 0. The zero-order valence-electron chi connectivity index (χ0n) is 15.5. The molecule has 27 heavy (non-hydrogen) atoms. The van der Waals surface area contributed by atoms with Gasteiger partial charge in [-0.25, -0.2) is 4.98 Å². The third kappa shape index (κ3) is 3.47. The number of imidazole rings is 1. The molecule has 0 amide bonds. The van der Waals surface area contributed by atoms with Gasteiger partial charge in [0.2, 0.25) is 0 Å². The maximum Gasteiger partial charge on any atom is 0.128 e. The summed E-state index contributed by atoms with van der Waals surface area (Å²) in [6.45, 7) is 0.802. The average molecular weight is 355 g/mol. The van der Waals surface area contributed by atoms with Crippen LogP contribution in [0.25, 0.3) is 22.2 Å². The Morgan fingerprint density at radius 2 is 1.78 bits per heavy atom. The monoisotopic (exact) mass is 355 g/mol. The smallest absolute Gasteiger partial charge is 0.128 e. The highest BCUT2D eigenvalue weighted by Crippen LogP contribution is 2.27. The quantitative estimate of drug-likeness (QED) is 0.482. The van der Waals surface area contributed by atoms with Crippen molar-refractivity contribution in [3.8, 4) is 16.9 Å². The van der Waals surface area contributed by atoms with Crippen LogP contribution in [0.5, 0.6) is 5.75 Å². The van der Waals surface area contributed by atoms with Crippen molar-refractivity contribution in [2.45, 2.75) is 6.54 Å². The third-order valence-corrected chi connectivity index (χ3v) is 4.67. The molecule has 4 heteroatoms. The van der Waals surface area contributed by atoms with Gasteiger partial charge in [-0.2, -0.15) is 0 Å². The number of nitrogens with zero attached hydrogens (tertiary/aromatic N) is 3. The number of hydrogen-bond acceptors (Lipinski definition) is 3. The van der Waals surface area contributed by atoms with Crippen molar-refractivity contribution < 1.29 is 4.74 Å². The molecule has 0 saturated carbocycles. The molecule has 0 bridgehead atoms. The molecule has 0 spiro atoms. The van der Waals surface area contributed by atoms with Gasteiger partial charge in [-0.05, 0) is 41.0 Å². The Kier molecular flexibility index (Phi) is 4.71. The molecule has 3 aromatic carbocycles. The summed E-state index contributed by atoms with van der Waals surface area (Å²) in [5, 5.41) is 0. The number of para-hydroxylation sites is 2. The SMILES string of the molecule is C/N=C\c1ccc(-c2ccc(Cn3cnc4ccccc43)cc2)cc1OC. The van der Waals surface area contributed by atoms with E-state index >= 15 is 0 Å². The summed E-state index contributed by atoms with van der Waals surface area (Å²) < 4.78 is 7.67. The largest absolute Gasteiger partial charge is 0.496 e. The lowest BCUT2D eigenvalue weighted by atomic mass is 10.0. The van der Waals surface area contributed by atoms with Crippen LogP contribution in [0.1, 0.15) is 11.1 Å². The molecule has 0 radical (unpaired) electrons. The van der Waals surface area contributed by atoms with Gasteiger partial charge in [0.1, 0.15) is 5.75 Å². The number of benzene rings is 3. The number of aliphatic imine (C=N–C) groups is 1. The van der Waals surface area contributed by atoms with Crippen molar-refractivity contribution in [1.82, 2.24) is 9.55 Å². The summed E-state index contributed by atoms with van der Waals surface area (Å²) in [5.41, 5.74) is 6.68. The van der Waals surface area contributed by atoms with Gasteiger partial charge in [0.05, 0.1) is 24.5 Å². The Morgan fingerprint density at radius 3 is 2.56 bits per heavy atom. The summed E-state index contributed by atoms with van der Waals surface area (Å²) in [6.07, 6.45) is 3.71. The molecule has 0 aliphatic rings. The fraction of sp³-hybridized carbons (Fsp3) is 0.130. The molecule has 4 nitrogen and oxygen atoms in total. The topological polar surface area (TPSA) is 39.4 Å². The van der Waals surface area contributed by atoms with Crippen LogP contribution in [0.3, 0.4) is 0 Å². The van der Waals surface area contributed by atoms with Crippen molar-refractivity contribution in [3.63, 3.8) is 0 Å². The number of methoxy groups -OCH3 is 1. The first-order valence-electron chi connectivity index (χ1n) is 8.88. The van der Waals surface area contributed by atoms with Crippen LogP contribution < -0.4 is 4.74 Å². The Hall–Kier alpha value is -3.40. The summed E-state index contributed by atoms with van der Waals surface area (Å²) >= 11 is 0. The van der Waals surface area contributed by atoms with Crippen LogP contribution in [0, 0.1) is 0 Å². The standard InChI is InChI=1S/C23H21N3O/c1-24-14-20-12-11-19(13-23(20)27-2)18-9-7-17(8-10-18)15-26-16-25-21-5-3-4-6-22(21)26/h3-14,16H,15H2,1-2H3/b24-14-. The van der Waals surface area contributed by atoms with Gasteiger partial charge in [-0.15, -0.1) is 0 Å². The van der Waals surface area contributed by atoms with Crippen LogP contribution in [0.15, 0.2) is 78.0 Å². The first-order chi connectivity index (χ1) is 13.3. The van der Waals surface area contributed by atoms with Crippen LogP contribution in [-0.4, -0.2) is 29.9 Å². The average Bonchev–Trinajstić information content (AvgIpc) is 3.12. The van der Waals surface area contributed by atoms with E-state index in [1.807, 2.05) is 30.6 Å². The Balaban J connectivity index is 1.59. The molecular formula is C23H21N3O. The van der Waals surface area contributed by atoms with E-state index in [-0.39, 0.29) is 0 Å². The summed E-state index contributed by atoms with van der Waals surface area (Å²) in [6, 6.07) is 23.0. The normalized spacial score (nSPS) is 11.3. The van der Waals surface area contributed by atoms with Gasteiger partial charge in [-0.1, -0.05) is 42.5 Å². The molecule has 0 aliphatic heterocycles. The van der Waals surface area contributed by atoms with E-state index < -0.39 is 0 Å². The molecule has 1 aromatic heterocycles. The Labute approximate surface area is 158 Å². The van der Waals surface area contributed by atoms with Gasteiger partial charge in [0.15, 0.2) is 0 Å². The van der Waals surface area contributed by atoms with E-state index in [4.69, 9.17) is 4.74 Å². The Morgan fingerprint density at radius 1 is 1.00 bits per heavy atom. The van der Waals surface area contributed by atoms with Crippen LogP contribution >= 0.6 is 0 Å². The molecule has 4 rings (SSSR count). The maximum atomic E-state index is 5.49. The van der Waals surface area contributed by atoms with Crippen LogP contribution in [0.4, 0.5) is 0 Å². The molecule has 0 atom stereocenters. The van der Waals surface area contributed by atoms with Gasteiger partial charge >= 0.3 is 0 Å². The van der Waals surface area contributed by atoms with Gasteiger partial charge in [-0.3, -0.25) is 4.99 Å². The first kappa shape index (κ1) is 17.0. The van der Waals surface area contributed by atoms with Crippen LogP contribution in [-0.2, 0) is 6.54 Å². The number of aromatic nitrogens is 2. The number of fused-ring (bicyclic) bond motifs is 1. The summed E-state index contributed by atoms with van der Waals surface area (Å²) in [5.74, 6) is 0.826. The minimum absolute atomic E-state index is 0.802. The second-order valence-electron chi connectivity index (χ2n) is 6.40.